The van der Waals surface area contributed by atoms with Crippen LogP contribution in [-0.2, 0) is 4.79 Å². The van der Waals surface area contributed by atoms with Crippen molar-refractivity contribution in [2.24, 2.45) is 5.73 Å². The average Bonchev–Trinajstić information content (AvgIpc) is 3.26. The maximum absolute atomic E-state index is 13.0. The molecule has 0 saturated heterocycles. The SMILES string of the molecule is CCCCC(NC(=O)c1cccnc1-n1cnc(-c2ccccc2)c1)C(O)C(N)=O. The number of amides is 2. The molecular weight excluding hydrogens is 382 g/mol. The molecule has 0 aliphatic heterocycles. The van der Waals surface area contributed by atoms with Crippen molar-refractivity contribution in [3.05, 3.63) is 66.7 Å². The van der Waals surface area contributed by atoms with Crippen molar-refractivity contribution in [2.75, 3.05) is 0 Å². The minimum atomic E-state index is -1.46. The van der Waals surface area contributed by atoms with E-state index in [2.05, 4.69) is 15.3 Å². The number of unbranched alkanes of at least 4 members (excludes halogenated alkanes) is 1. The number of nitrogens with zero attached hydrogens (tertiary/aromatic N) is 3. The number of rotatable bonds is 9. The summed E-state index contributed by atoms with van der Waals surface area (Å²) in [7, 11) is 0. The molecule has 30 heavy (non-hydrogen) atoms. The summed E-state index contributed by atoms with van der Waals surface area (Å²) in [5.74, 6) is -0.924. The smallest absolute Gasteiger partial charge is 0.255 e. The molecule has 8 nitrogen and oxygen atoms in total. The van der Waals surface area contributed by atoms with Crippen molar-refractivity contribution in [3.63, 3.8) is 0 Å². The standard InChI is InChI=1S/C22H25N5O3/c1-2-3-11-17(19(28)20(23)29)26-22(30)16-10-7-12-24-21(16)27-13-18(25-14-27)15-8-5-4-6-9-15/h4-10,12-14,17,19,28H,2-3,11H2,1H3,(H2,23,29)(H,26,30). The van der Waals surface area contributed by atoms with Gasteiger partial charge in [0.2, 0.25) is 5.91 Å². The van der Waals surface area contributed by atoms with Crippen molar-refractivity contribution in [1.29, 1.82) is 0 Å². The van der Waals surface area contributed by atoms with Crippen molar-refractivity contribution >= 4 is 11.8 Å². The first-order valence-corrected chi connectivity index (χ1v) is 9.84. The summed E-state index contributed by atoms with van der Waals surface area (Å²) >= 11 is 0. The predicted octanol–water partition coefficient (Wildman–Crippen LogP) is 2.07. The Hall–Kier alpha value is -3.52. The van der Waals surface area contributed by atoms with Crippen LogP contribution in [-0.4, -0.2) is 43.6 Å². The zero-order chi connectivity index (χ0) is 21.5. The van der Waals surface area contributed by atoms with Crippen LogP contribution in [0.3, 0.4) is 0 Å². The minimum Gasteiger partial charge on any atom is -0.381 e. The summed E-state index contributed by atoms with van der Waals surface area (Å²) in [5.41, 5.74) is 7.23. The summed E-state index contributed by atoms with van der Waals surface area (Å²) in [4.78, 5) is 33.2. The first-order valence-electron chi connectivity index (χ1n) is 9.84. The molecule has 4 N–H and O–H groups in total. The van der Waals surface area contributed by atoms with E-state index in [1.807, 2.05) is 37.3 Å². The Kier molecular flexibility index (Phi) is 6.92. The van der Waals surface area contributed by atoms with E-state index in [1.165, 1.54) is 0 Å². The Balaban J connectivity index is 1.86. The van der Waals surface area contributed by atoms with Crippen LogP contribution in [0.2, 0.25) is 0 Å². The fourth-order valence-corrected chi connectivity index (χ4v) is 3.15. The number of carbonyl (C=O) groups excluding carboxylic acids is 2. The van der Waals surface area contributed by atoms with E-state index in [-0.39, 0.29) is 0 Å². The van der Waals surface area contributed by atoms with Crippen LogP contribution in [0.4, 0.5) is 0 Å². The number of aromatic nitrogens is 3. The molecule has 156 valence electrons. The van der Waals surface area contributed by atoms with Gasteiger partial charge in [-0.15, -0.1) is 0 Å². The molecule has 0 bridgehead atoms. The molecule has 0 spiro atoms. The highest BCUT2D eigenvalue weighted by Gasteiger charge is 2.27. The molecule has 0 aliphatic rings. The maximum atomic E-state index is 13.0. The summed E-state index contributed by atoms with van der Waals surface area (Å²) in [5, 5.41) is 12.8. The minimum absolute atomic E-state index is 0.299. The third-order valence-electron chi connectivity index (χ3n) is 4.79. The summed E-state index contributed by atoms with van der Waals surface area (Å²) in [6.07, 6.45) is 5.53. The lowest BCUT2D eigenvalue weighted by atomic mass is 10.0. The molecule has 2 aromatic heterocycles. The molecule has 2 unspecified atom stereocenters. The van der Waals surface area contributed by atoms with Gasteiger partial charge in [-0.1, -0.05) is 50.1 Å². The molecule has 0 fully saturated rings. The van der Waals surface area contributed by atoms with Crippen LogP contribution in [0.25, 0.3) is 17.1 Å². The maximum Gasteiger partial charge on any atom is 0.255 e. The largest absolute Gasteiger partial charge is 0.381 e. The normalized spacial score (nSPS) is 12.9. The average molecular weight is 407 g/mol. The number of aliphatic hydroxyl groups excluding tert-OH is 1. The zero-order valence-electron chi connectivity index (χ0n) is 16.7. The fraction of sp³-hybridized carbons (Fsp3) is 0.273. The number of primary amides is 1. The molecule has 3 aromatic rings. The van der Waals surface area contributed by atoms with Gasteiger partial charge < -0.3 is 16.2 Å². The lowest BCUT2D eigenvalue weighted by Crippen LogP contribution is -2.49. The Labute approximate surface area is 174 Å². The fourth-order valence-electron chi connectivity index (χ4n) is 3.15. The summed E-state index contributed by atoms with van der Waals surface area (Å²) in [6.45, 7) is 1.98. The van der Waals surface area contributed by atoms with Gasteiger partial charge in [-0.2, -0.15) is 0 Å². The van der Waals surface area contributed by atoms with Gasteiger partial charge in [0.1, 0.15) is 6.33 Å². The number of hydrogen-bond donors (Lipinski definition) is 3. The molecule has 0 saturated carbocycles. The first kappa shape index (κ1) is 21.2. The molecule has 2 heterocycles. The van der Waals surface area contributed by atoms with Crippen LogP contribution in [0.1, 0.15) is 36.5 Å². The number of benzene rings is 1. The molecule has 2 amide bonds. The van der Waals surface area contributed by atoms with Gasteiger partial charge in [0.15, 0.2) is 11.9 Å². The molecule has 1 aromatic carbocycles. The Morgan fingerprint density at radius 1 is 1.17 bits per heavy atom. The number of nitrogens with one attached hydrogen (secondary N) is 1. The second kappa shape index (κ2) is 9.80. The van der Waals surface area contributed by atoms with E-state index < -0.39 is 24.0 Å². The summed E-state index contributed by atoms with van der Waals surface area (Å²) < 4.78 is 1.67. The number of carbonyl (C=O) groups is 2. The van der Waals surface area contributed by atoms with E-state index in [0.717, 1.165) is 24.1 Å². The molecule has 2 atom stereocenters. The number of aliphatic hydroxyl groups is 1. The number of imidazole rings is 1. The van der Waals surface area contributed by atoms with Crippen molar-refractivity contribution in [2.45, 2.75) is 38.3 Å². The topological polar surface area (TPSA) is 123 Å². The highest BCUT2D eigenvalue weighted by molar-refractivity contribution is 5.97. The zero-order valence-corrected chi connectivity index (χ0v) is 16.7. The van der Waals surface area contributed by atoms with Crippen LogP contribution < -0.4 is 11.1 Å². The van der Waals surface area contributed by atoms with E-state index in [9.17, 15) is 14.7 Å². The quantitative estimate of drug-likeness (QED) is 0.501. The van der Waals surface area contributed by atoms with Gasteiger partial charge in [0.25, 0.3) is 5.91 Å². The Morgan fingerprint density at radius 3 is 2.63 bits per heavy atom. The van der Waals surface area contributed by atoms with Crippen LogP contribution in [0.5, 0.6) is 0 Å². The van der Waals surface area contributed by atoms with Gasteiger partial charge in [0, 0.05) is 18.0 Å². The van der Waals surface area contributed by atoms with Gasteiger partial charge in [-0.25, -0.2) is 9.97 Å². The molecule has 3 rings (SSSR count). The number of hydrogen-bond acceptors (Lipinski definition) is 5. The predicted molar refractivity (Wildman–Crippen MR) is 113 cm³/mol. The van der Waals surface area contributed by atoms with E-state index in [0.29, 0.717) is 17.8 Å². The highest BCUT2D eigenvalue weighted by Crippen LogP contribution is 2.20. The Bertz CT molecular complexity index is 1000. The van der Waals surface area contributed by atoms with Gasteiger partial charge in [-0.05, 0) is 18.6 Å². The second-order valence-electron chi connectivity index (χ2n) is 6.98. The van der Waals surface area contributed by atoms with Crippen molar-refractivity contribution in [1.82, 2.24) is 19.9 Å². The molecular formula is C22H25N5O3. The van der Waals surface area contributed by atoms with Crippen LogP contribution >= 0.6 is 0 Å². The number of nitrogens with two attached hydrogens (primary N) is 1. The van der Waals surface area contributed by atoms with Crippen LogP contribution in [0, 0.1) is 0 Å². The highest BCUT2D eigenvalue weighted by atomic mass is 16.3. The van der Waals surface area contributed by atoms with E-state index in [1.54, 1.807) is 35.4 Å². The molecule has 0 aliphatic carbocycles. The lowest BCUT2D eigenvalue weighted by molar-refractivity contribution is -0.127. The van der Waals surface area contributed by atoms with Crippen LogP contribution in [0.15, 0.2) is 61.2 Å². The third kappa shape index (κ3) is 4.90. The molecule has 0 radical (unpaired) electrons. The lowest BCUT2D eigenvalue weighted by Gasteiger charge is -2.22. The van der Waals surface area contributed by atoms with Gasteiger partial charge in [0.05, 0.1) is 17.3 Å². The summed E-state index contributed by atoms with van der Waals surface area (Å²) in [6, 6.07) is 12.2. The second-order valence-corrected chi connectivity index (χ2v) is 6.98. The van der Waals surface area contributed by atoms with E-state index >= 15 is 0 Å². The Morgan fingerprint density at radius 2 is 1.93 bits per heavy atom. The van der Waals surface area contributed by atoms with E-state index in [4.69, 9.17) is 5.73 Å². The first-order chi connectivity index (χ1) is 14.5. The van der Waals surface area contributed by atoms with Crippen molar-refractivity contribution < 1.29 is 14.7 Å². The third-order valence-corrected chi connectivity index (χ3v) is 4.79. The monoisotopic (exact) mass is 407 g/mol. The van der Waals surface area contributed by atoms with Crippen molar-refractivity contribution in [3.8, 4) is 17.1 Å². The molecule has 8 heteroatoms. The van der Waals surface area contributed by atoms with Gasteiger partial charge in [-0.3, -0.25) is 14.2 Å². The van der Waals surface area contributed by atoms with Gasteiger partial charge >= 0.3 is 0 Å². The number of pyridine rings is 1.